The smallest absolute Gasteiger partial charge is 0.413 e. The molecule has 1 unspecified atom stereocenters. The molecule has 1 heterocycles. The molecule has 2 N–H and O–H groups in total. The van der Waals surface area contributed by atoms with Gasteiger partial charge in [0.15, 0.2) is 11.5 Å². The van der Waals surface area contributed by atoms with Crippen molar-refractivity contribution in [1.29, 1.82) is 0 Å². The molecule has 1 amide bonds. The van der Waals surface area contributed by atoms with Gasteiger partial charge in [-0.3, -0.25) is 4.72 Å². The highest BCUT2D eigenvalue weighted by Gasteiger charge is 2.32. The van der Waals surface area contributed by atoms with Crippen LogP contribution < -0.4 is 24.8 Å². The minimum atomic E-state index is -1.72. The second-order valence-electron chi connectivity index (χ2n) is 7.52. The second-order valence-corrected chi connectivity index (χ2v) is 14.3. The average molecular weight is 471 g/mol. The van der Waals surface area contributed by atoms with Crippen LogP contribution in [0.15, 0.2) is 42.5 Å². The molecule has 0 aliphatic carbocycles. The summed E-state index contributed by atoms with van der Waals surface area (Å²) in [6, 6.07) is 11.6. The van der Waals surface area contributed by atoms with Gasteiger partial charge in [0.05, 0.1) is 5.88 Å². The van der Waals surface area contributed by atoms with E-state index in [1.54, 1.807) is 6.07 Å². The van der Waals surface area contributed by atoms with Crippen molar-refractivity contribution >= 4 is 52.8 Å². The standard InChI is InChI=1S/C20H24ClN2O3PS2/c1-20(2)11-14-5-4-6-17(18(14)26-20)25-19(24)22-13-29-23-12-27(3,28)16-9-7-15(21)8-10-16/h4-10,23H,11-13H2,1-3H3,(H,22,24). The van der Waals surface area contributed by atoms with Crippen molar-refractivity contribution in [3.05, 3.63) is 53.1 Å². The lowest BCUT2D eigenvalue weighted by Gasteiger charge is -2.18. The van der Waals surface area contributed by atoms with Gasteiger partial charge in [-0.05, 0) is 50.1 Å². The summed E-state index contributed by atoms with van der Waals surface area (Å²) < 4.78 is 14.6. The molecule has 0 bridgehead atoms. The molecule has 0 fully saturated rings. The van der Waals surface area contributed by atoms with Crippen LogP contribution in [0.25, 0.3) is 0 Å². The zero-order valence-corrected chi connectivity index (χ0v) is 19.8. The molecular formula is C20H24ClN2O3PS2. The second kappa shape index (κ2) is 9.27. The Morgan fingerprint density at radius 3 is 2.76 bits per heavy atom. The molecule has 0 spiro atoms. The molecule has 1 atom stereocenters. The van der Waals surface area contributed by atoms with E-state index >= 15 is 0 Å². The maximum Gasteiger partial charge on any atom is 0.413 e. The van der Waals surface area contributed by atoms with Crippen LogP contribution in [0, 0.1) is 0 Å². The number of fused-ring (bicyclic) bond motifs is 1. The summed E-state index contributed by atoms with van der Waals surface area (Å²) in [4.78, 5) is 12.1. The third-order valence-electron chi connectivity index (χ3n) is 4.39. The zero-order valence-electron chi connectivity index (χ0n) is 16.5. The predicted molar refractivity (Wildman–Crippen MR) is 126 cm³/mol. The van der Waals surface area contributed by atoms with Crippen molar-refractivity contribution < 1.29 is 14.3 Å². The Kier molecular flexibility index (Phi) is 7.18. The minimum absolute atomic E-state index is 0.290. The highest BCUT2D eigenvalue weighted by atomic mass is 35.5. The third-order valence-corrected chi connectivity index (χ3v) is 8.66. The minimum Gasteiger partial charge on any atom is -0.483 e. The van der Waals surface area contributed by atoms with Gasteiger partial charge in [-0.25, -0.2) is 4.79 Å². The normalized spacial score (nSPS) is 16.4. The number of carbonyl (C=O) groups is 1. The lowest BCUT2D eigenvalue weighted by Crippen LogP contribution is -2.28. The van der Waals surface area contributed by atoms with Crippen LogP contribution in [-0.4, -0.2) is 30.5 Å². The van der Waals surface area contributed by atoms with Gasteiger partial charge >= 0.3 is 6.09 Å². The van der Waals surface area contributed by atoms with Crippen LogP contribution in [0.4, 0.5) is 4.79 Å². The molecule has 0 aromatic heterocycles. The Labute approximate surface area is 186 Å². The molecule has 2 aromatic rings. The summed E-state index contributed by atoms with van der Waals surface area (Å²) in [6.45, 7) is 6.11. The van der Waals surface area contributed by atoms with Crippen molar-refractivity contribution in [2.45, 2.75) is 25.9 Å². The molecule has 3 rings (SSSR count). The number of ether oxygens (including phenoxy) is 2. The van der Waals surface area contributed by atoms with Crippen molar-refractivity contribution in [2.24, 2.45) is 0 Å². The molecular weight excluding hydrogens is 447 g/mol. The number of rotatable bonds is 7. The van der Waals surface area contributed by atoms with E-state index in [2.05, 4.69) is 16.7 Å². The van der Waals surface area contributed by atoms with E-state index in [1.165, 1.54) is 11.9 Å². The van der Waals surface area contributed by atoms with Gasteiger partial charge in [-0.15, -0.1) is 0 Å². The summed E-state index contributed by atoms with van der Waals surface area (Å²) in [5.41, 5.74) is 0.759. The van der Waals surface area contributed by atoms with E-state index < -0.39 is 12.1 Å². The Balaban J connectivity index is 1.43. The summed E-state index contributed by atoms with van der Waals surface area (Å²) in [7, 11) is 0. The number of hydrogen-bond donors (Lipinski definition) is 2. The lowest BCUT2D eigenvalue weighted by molar-refractivity contribution is 0.133. The van der Waals surface area contributed by atoms with E-state index in [9.17, 15) is 4.79 Å². The number of para-hydroxylation sites is 1. The monoisotopic (exact) mass is 470 g/mol. The Morgan fingerprint density at radius 2 is 2.03 bits per heavy atom. The molecule has 156 valence electrons. The highest BCUT2D eigenvalue weighted by molar-refractivity contribution is 8.18. The fraction of sp³-hybridized carbons (Fsp3) is 0.350. The predicted octanol–water partition coefficient (Wildman–Crippen LogP) is 4.73. The number of halogens is 1. The Bertz CT molecular complexity index is 938. The molecule has 9 heteroatoms. The van der Waals surface area contributed by atoms with Crippen molar-refractivity contribution in [1.82, 2.24) is 10.0 Å². The highest BCUT2D eigenvalue weighted by Crippen LogP contribution is 2.42. The fourth-order valence-corrected chi connectivity index (χ4v) is 6.54. The average Bonchev–Trinajstić information content (AvgIpc) is 2.97. The van der Waals surface area contributed by atoms with Gasteiger partial charge in [-0.2, -0.15) is 0 Å². The van der Waals surface area contributed by atoms with Crippen LogP contribution >= 0.6 is 29.6 Å². The van der Waals surface area contributed by atoms with E-state index in [4.69, 9.17) is 32.9 Å². The van der Waals surface area contributed by atoms with Crippen LogP contribution in [0.5, 0.6) is 11.5 Å². The maximum atomic E-state index is 12.1. The topological polar surface area (TPSA) is 59.6 Å². The van der Waals surface area contributed by atoms with E-state index in [0.29, 0.717) is 28.7 Å². The number of benzene rings is 2. The van der Waals surface area contributed by atoms with E-state index in [-0.39, 0.29) is 5.60 Å². The van der Waals surface area contributed by atoms with Gasteiger partial charge < -0.3 is 14.8 Å². The summed E-state index contributed by atoms with van der Waals surface area (Å²) in [6.07, 6.45) is 0.937. The summed E-state index contributed by atoms with van der Waals surface area (Å²) in [5, 5.41) is 4.55. The fourth-order valence-electron chi connectivity index (χ4n) is 2.97. The molecule has 2 aromatic carbocycles. The van der Waals surface area contributed by atoms with E-state index in [0.717, 1.165) is 17.3 Å². The number of hydrogen-bond acceptors (Lipinski definition) is 6. The van der Waals surface area contributed by atoms with Gasteiger partial charge in [0, 0.05) is 23.3 Å². The van der Waals surface area contributed by atoms with Crippen molar-refractivity contribution in [3.63, 3.8) is 0 Å². The molecule has 0 radical (unpaired) electrons. The van der Waals surface area contributed by atoms with Crippen LogP contribution in [0.3, 0.4) is 0 Å². The first kappa shape index (κ1) is 22.4. The molecule has 5 nitrogen and oxygen atoms in total. The van der Waals surface area contributed by atoms with Crippen molar-refractivity contribution in [3.8, 4) is 11.5 Å². The number of nitrogens with one attached hydrogen (secondary N) is 2. The molecule has 1 aliphatic rings. The molecule has 0 saturated heterocycles. The molecule has 0 saturated carbocycles. The first-order chi connectivity index (χ1) is 13.7. The largest absolute Gasteiger partial charge is 0.483 e. The maximum absolute atomic E-state index is 12.1. The first-order valence-electron chi connectivity index (χ1n) is 9.10. The van der Waals surface area contributed by atoms with Gasteiger partial charge in [0.2, 0.25) is 0 Å². The summed E-state index contributed by atoms with van der Waals surface area (Å²) >= 11 is 13.1. The van der Waals surface area contributed by atoms with Crippen LogP contribution in [0.2, 0.25) is 5.02 Å². The third kappa shape index (κ3) is 6.12. The molecule has 29 heavy (non-hydrogen) atoms. The molecule has 1 aliphatic heterocycles. The Hall–Kier alpha value is -1.24. The first-order valence-corrected chi connectivity index (χ1v) is 13.9. The summed E-state index contributed by atoms with van der Waals surface area (Å²) in [5.74, 6) is 1.44. The van der Waals surface area contributed by atoms with E-state index in [1.807, 2.05) is 50.2 Å². The lowest BCUT2D eigenvalue weighted by atomic mass is 10.0. The zero-order chi connectivity index (χ0) is 21.1. The Morgan fingerprint density at radius 1 is 1.31 bits per heavy atom. The van der Waals surface area contributed by atoms with Gasteiger partial charge in [-0.1, -0.05) is 59.6 Å². The van der Waals surface area contributed by atoms with Crippen LogP contribution in [0.1, 0.15) is 19.4 Å². The van der Waals surface area contributed by atoms with Crippen LogP contribution in [-0.2, 0) is 18.2 Å². The van der Waals surface area contributed by atoms with Gasteiger partial charge in [0.1, 0.15) is 5.60 Å². The number of carbonyl (C=O) groups excluding carboxylic acids is 1. The van der Waals surface area contributed by atoms with Crippen molar-refractivity contribution in [2.75, 3.05) is 18.8 Å². The SMILES string of the molecule is CC1(C)Cc2cccc(OC(=O)NCSNCP(C)(=S)c3ccc(Cl)cc3)c2O1. The number of amides is 1. The van der Waals surface area contributed by atoms with Gasteiger partial charge in [0.25, 0.3) is 0 Å². The quantitative estimate of drug-likeness (QED) is 0.264.